The number of fused-ring (bicyclic) bond motifs is 1. The van der Waals surface area contributed by atoms with Crippen molar-refractivity contribution in [3.63, 3.8) is 0 Å². The Balaban J connectivity index is 2.21. The highest BCUT2D eigenvalue weighted by Gasteiger charge is 2.11. The fourth-order valence-electron chi connectivity index (χ4n) is 3.17. The summed E-state index contributed by atoms with van der Waals surface area (Å²) in [6, 6.07) is 6.32. The minimum atomic E-state index is 0.913. The minimum absolute atomic E-state index is 0.913. The number of hydrogen-bond acceptors (Lipinski definition) is 3. The molecule has 0 atom stereocenters. The van der Waals surface area contributed by atoms with Crippen LogP contribution in [0.25, 0.3) is 11.0 Å². The van der Waals surface area contributed by atoms with E-state index in [-0.39, 0.29) is 0 Å². The number of aryl methyl sites for hydroxylation is 1. The third kappa shape index (κ3) is 4.56. The van der Waals surface area contributed by atoms with Crippen molar-refractivity contribution >= 4 is 23.3 Å². The van der Waals surface area contributed by atoms with E-state index >= 15 is 0 Å². The van der Waals surface area contributed by atoms with Crippen LogP contribution in [0.15, 0.2) is 24.4 Å². The zero-order valence-electron chi connectivity index (χ0n) is 15.4. The Kier molecular flexibility index (Phi) is 7.70. The van der Waals surface area contributed by atoms with Crippen LogP contribution >= 0.6 is 12.2 Å². The van der Waals surface area contributed by atoms with Crippen molar-refractivity contribution in [1.29, 1.82) is 0 Å². The first-order chi connectivity index (χ1) is 11.7. The van der Waals surface area contributed by atoms with Crippen LogP contribution in [0.4, 0.5) is 0 Å². The second-order valence-electron chi connectivity index (χ2n) is 6.37. The molecule has 4 heteroatoms. The molecule has 0 aromatic carbocycles. The van der Waals surface area contributed by atoms with Gasteiger partial charge in [-0.1, -0.05) is 58.2 Å². The van der Waals surface area contributed by atoms with Gasteiger partial charge < -0.3 is 5.01 Å². The fourth-order valence-corrected chi connectivity index (χ4v) is 3.58. The van der Waals surface area contributed by atoms with Crippen LogP contribution in [-0.4, -0.2) is 22.7 Å². The number of rotatable bonds is 10. The van der Waals surface area contributed by atoms with E-state index in [2.05, 4.69) is 47.6 Å². The average molecular weight is 346 g/mol. The largest absolute Gasteiger partial charge is 0.310 e. The molecule has 24 heavy (non-hydrogen) atoms. The van der Waals surface area contributed by atoms with Crippen molar-refractivity contribution in [3.8, 4) is 0 Å². The lowest BCUT2D eigenvalue weighted by Gasteiger charge is -2.28. The SMILES string of the molecule is CCCCCCCCN(CC)n1c(=S)c(CC)cc2cccnc21. The summed E-state index contributed by atoms with van der Waals surface area (Å²) in [5, 5.41) is 3.53. The summed E-state index contributed by atoms with van der Waals surface area (Å²) in [5.74, 6) is 0. The molecule has 2 aromatic rings. The zero-order valence-corrected chi connectivity index (χ0v) is 16.2. The summed E-state index contributed by atoms with van der Waals surface area (Å²) in [6.45, 7) is 8.62. The molecule has 0 aliphatic rings. The molecule has 2 rings (SSSR count). The summed E-state index contributed by atoms with van der Waals surface area (Å²) < 4.78 is 3.09. The van der Waals surface area contributed by atoms with Gasteiger partial charge >= 0.3 is 0 Å². The number of hydrogen-bond donors (Lipinski definition) is 0. The summed E-state index contributed by atoms with van der Waals surface area (Å²) in [7, 11) is 0. The van der Waals surface area contributed by atoms with Crippen molar-refractivity contribution in [3.05, 3.63) is 34.6 Å². The predicted octanol–water partition coefficient (Wildman–Crippen LogP) is 5.65. The highest BCUT2D eigenvalue weighted by Crippen LogP contribution is 2.18. The fraction of sp³-hybridized carbons (Fsp3) is 0.600. The Morgan fingerprint density at radius 3 is 2.54 bits per heavy atom. The van der Waals surface area contributed by atoms with Crippen molar-refractivity contribution in [1.82, 2.24) is 9.66 Å². The molecule has 0 fully saturated rings. The number of pyridine rings is 2. The molecular weight excluding hydrogens is 314 g/mol. The summed E-state index contributed by atoms with van der Waals surface area (Å²) in [6.07, 6.45) is 10.7. The van der Waals surface area contributed by atoms with Crippen LogP contribution < -0.4 is 5.01 Å². The van der Waals surface area contributed by atoms with Gasteiger partial charge in [0, 0.05) is 24.7 Å². The molecule has 0 saturated heterocycles. The third-order valence-electron chi connectivity index (χ3n) is 4.61. The van der Waals surface area contributed by atoms with Crippen LogP contribution in [0.3, 0.4) is 0 Å². The molecule has 0 aliphatic carbocycles. The van der Waals surface area contributed by atoms with Crippen molar-refractivity contribution < 1.29 is 0 Å². The van der Waals surface area contributed by atoms with Crippen LogP contribution in [0, 0.1) is 4.64 Å². The third-order valence-corrected chi connectivity index (χ3v) is 5.05. The van der Waals surface area contributed by atoms with Gasteiger partial charge in [0.1, 0.15) is 4.64 Å². The van der Waals surface area contributed by atoms with Crippen molar-refractivity contribution in [2.24, 2.45) is 0 Å². The second kappa shape index (κ2) is 9.77. The minimum Gasteiger partial charge on any atom is -0.310 e. The first-order valence-electron chi connectivity index (χ1n) is 9.47. The first kappa shape index (κ1) is 18.9. The van der Waals surface area contributed by atoms with Gasteiger partial charge in [-0.25, -0.2) is 9.66 Å². The summed E-state index contributed by atoms with van der Waals surface area (Å²) >= 11 is 5.78. The van der Waals surface area contributed by atoms with E-state index in [1.807, 2.05) is 12.3 Å². The van der Waals surface area contributed by atoms with Gasteiger partial charge in [-0.2, -0.15) is 0 Å². The molecule has 0 spiro atoms. The first-order valence-corrected chi connectivity index (χ1v) is 9.88. The Morgan fingerprint density at radius 1 is 1.08 bits per heavy atom. The zero-order chi connectivity index (χ0) is 17.4. The molecule has 0 aliphatic heterocycles. The molecule has 0 bridgehead atoms. The van der Waals surface area contributed by atoms with Crippen molar-refractivity contribution in [2.75, 3.05) is 18.1 Å². The molecule has 0 saturated carbocycles. The maximum atomic E-state index is 5.78. The normalized spacial score (nSPS) is 11.1. The Labute approximate surface area is 151 Å². The highest BCUT2D eigenvalue weighted by atomic mass is 32.1. The lowest BCUT2D eigenvalue weighted by atomic mass is 10.1. The van der Waals surface area contributed by atoms with Crippen molar-refractivity contribution in [2.45, 2.75) is 65.7 Å². The molecule has 0 N–H and O–H groups in total. The van der Waals surface area contributed by atoms with Gasteiger partial charge in [-0.15, -0.1) is 0 Å². The van der Waals surface area contributed by atoms with Crippen LogP contribution in [0.1, 0.15) is 64.9 Å². The van der Waals surface area contributed by atoms with Crippen LogP contribution in [0.2, 0.25) is 0 Å². The lowest BCUT2D eigenvalue weighted by Crippen LogP contribution is -2.37. The van der Waals surface area contributed by atoms with E-state index < -0.39 is 0 Å². The van der Waals surface area contributed by atoms with Gasteiger partial charge in [-0.05, 0) is 43.5 Å². The van der Waals surface area contributed by atoms with Gasteiger partial charge in [0.2, 0.25) is 0 Å². The molecule has 0 amide bonds. The number of unbranched alkanes of at least 4 members (excludes halogenated alkanes) is 5. The molecule has 132 valence electrons. The second-order valence-corrected chi connectivity index (χ2v) is 6.76. The summed E-state index contributed by atoms with van der Waals surface area (Å²) in [5.41, 5.74) is 2.21. The van der Waals surface area contributed by atoms with E-state index in [0.717, 1.165) is 29.8 Å². The quantitative estimate of drug-likeness (QED) is 0.410. The molecule has 0 unspecified atom stereocenters. The standard InChI is InChI=1S/C20H31N3S/c1-4-7-8-9-10-11-15-22(6-3)23-19-18(13-12-14-21-19)16-17(5-2)20(23)24/h12-14,16H,4-11,15H2,1-3H3. The van der Waals surface area contributed by atoms with E-state index in [0.29, 0.717) is 0 Å². The maximum absolute atomic E-state index is 5.78. The van der Waals surface area contributed by atoms with Gasteiger partial charge in [0.25, 0.3) is 0 Å². The molecule has 2 heterocycles. The van der Waals surface area contributed by atoms with Gasteiger partial charge in [0.05, 0.1) is 0 Å². The van der Waals surface area contributed by atoms with Crippen LogP contribution in [-0.2, 0) is 6.42 Å². The highest BCUT2D eigenvalue weighted by molar-refractivity contribution is 7.71. The topological polar surface area (TPSA) is 21.1 Å². The average Bonchev–Trinajstić information content (AvgIpc) is 2.61. The van der Waals surface area contributed by atoms with E-state index in [9.17, 15) is 0 Å². The van der Waals surface area contributed by atoms with Crippen LogP contribution in [0.5, 0.6) is 0 Å². The Morgan fingerprint density at radius 2 is 1.83 bits per heavy atom. The number of aromatic nitrogens is 2. The van der Waals surface area contributed by atoms with E-state index in [1.54, 1.807) is 0 Å². The van der Waals surface area contributed by atoms with Gasteiger partial charge in [0.15, 0.2) is 5.65 Å². The molecular formula is C20H31N3S. The monoisotopic (exact) mass is 345 g/mol. The smallest absolute Gasteiger partial charge is 0.159 e. The molecule has 3 nitrogen and oxygen atoms in total. The Bertz CT molecular complexity index is 693. The Hall–Kier alpha value is -1.42. The predicted molar refractivity (Wildman–Crippen MR) is 107 cm³/mol. The van der Waals surface area contributed by atoms with E-state index in [4.69, 9.17) is 12.2 Å². The maximum Gasteiger partial charge on any atom is 0.159 e. The lowest BCUT2D eigenvalue weighted by molar-refractivity contribution is 0.544. The van der Waals surface area contributed by atoms with Gasteiger partial charge in [-0.3, -0.25) is 0 Å². The molecule has 0 radical (unpaired) electrons. The van der Waals surface area contributed by atoms with E-state index in [1.165, 1.54) is 49.5 Å². The molecule has 2 aromatic heterocycles. The number of nitrogens with zero attached hydrogens (tertiary/aromatic N) is 3. The summed E-state index contributed by atoms with van der Waals surface area (Å²) in [4.78, 5) is 4.61.